The first kappa shape index (κ1) is 21.7. The van der Waals surface area contributed by atoms with E-state index in [0.29, 0.717) is 13.1 Å². The number of carbonyl (C=O) groups is 2. The van der Waals surface area contributed by atoms with Gasteiger partial charge in [-0.25, -0.2) is 4.79 Å². The molecule has 0 atom stereocenters. The molecule has 0 rings (SSSR count). The Morgan fingerprint density at radius 2 is 1.35 bits per heavy atom. The molecule has 0 aromatic carbocycles. The topological polar surface area (TPSA) is 67.9 Å². The third-order valence-electron chi connectivity index (χ3n) is 2.63. The monoisotopic (exact) mass is 330 g/mol. The summed E-state index contributed by atoms with van der Waals surface area (Å²) in [5.74, 6) is -0.308. The summed E-state index contributed by atoms with van der Waals surface area (Å²) < 4.78 is 10.7. The first-order valence-corrected chi connectivity index (χ1v) is 8.05. The van der Waals surface area contributed by atoms with Crippen LogP contribution < -0.4 is 5.32 Å². The van der Waals surface area contributed by atoms with Crippen molar-refractivity contribution in [3.05, 3.63) is 0 Å². The van der Waals surface area contributed by atoms with Gasteiger partial charge in [-0.05, 0) is 62.3 Å². The molecule has 6 nitrogen and oxygen atoms in total. The van der Waals surface area contributed by atoms with Crippen LogP contribution in [0, 0.1) is 0 Å². The molecule has 0 heterocycles. The van der Waals surface area contributed by atoms with Crippen molar-refractivity contribution in [3.63, 3.8) is 0 Å². The number of nitrogens with one attached hydrogen (secondary N) is 1. The lowest BCUT2D eigenvalue weighted by Gasteiger charge is -2.36. The zero-order valence-corrected chi connectivity index (χ0v) is 16.2. The van der Waals surface area contributed by atoms with E-state index in [2.05, 4.69) is 5.32 Å². The quantitative estimate of drug-likeness (QED) is 0.620. The molecule has 0 spiro atoms. The molecule has 1 N–H and O–H groups in total. The molecule has 0 aliphatic heterocycles. The predicted molar refractivity (Wildman–Crippen MR) is 91.4 cm³/mol. The molecule has 0 radical (unpaired) electrons. The lowest BCUT2D eigenvalue weighted by atomic mass is 10.1. The van der Waals surface area contributed by atoms with E-state index in [0.717, 1.165) is 0 Å². The van der Waals surface area contributed by atoms with Gasteiger partial charge in [0.2, 0.25) is 0 Å². The van der Waals surface area contributed by atoms with Crippen LogP contribution in [0.25, 0.3) is 0 Å². The highest BCUT2D eigenvalue weighted by atomic mass is 16.6. The predicted octanol–water partition coefficient (Wildman–Crippen LogP) is 2.95. The molecule has 1 amide bonds. The summed E-state index contributed by atoms with van der Waals surface area (Å²) in [5, 5.41) is 3.00. The van der Waals surface area contributed by atoms with Crippen molar-refractivity contribution in [2.24, 2.45) is 0 Å². The zero-order valence-electron chi connectivity index (χ0n) is 16.2. The Balaban J connectivity index is 4.44. The molecular formula is C17H34N2O4. The first-order valence-electron chi connectivity index (χ1n) is 8.05. The molecule has 136 valence electrons. The van der Waals surface area contributed by atoms with E-state index in [9.17, 15) is 9.59 Å². The van der Waals surface area contributed by atoms with E-state index in [1.54, 1.807) is 4.90 Å². The van der Waals surface area contributed by atoms with Crippen LogP contribution in [0.5, 0.6) is 0 Å². The average Bonchev–Trinajstić information content (AvgIpc) is 2.21. The van der Waals surface area contributed by atoms with Gasteiger partial charge in [-0.3, -0.25) is 4.79 Å². The third-order valence-corrected chi connectivity index (χ3v) is 2.63. The van der Waals surface area contributed by atoms with Crippen molar-refractivity contribution in [3.8, 4) is 0 Å². The van der Waals surface area contributed by atoms with Gasteiger partial charge in [0.25, 0.3) is 0 Å². The van der Waals surface area contributed by atoms with E-state index >= 15 is 0 Å². The second kappa shape index (κ2) is 7.99. The van der Waals surface area contributed by atoms with E-state index in [4.69, 9.17) is 9.47 Å². The van der Waals surface area contributed by atoms with Gasteiger partial charge in [0.1, 0.15) is 11.2 Å². The third kappa shape index (κ3) is 11.0. The van der Waals surface area contributed by atoms with E-state index in [-0.39, 0.29) is 24.1 Å². The number of hydrogen-bond acceptors (Lipinski definition) is 5. The van der Waals surface area contributed by atoms with Crippen LogP contribution in [-0.2, 0) is 14.3 Å². The van der Waals surface area contributed by atoms with Crippen molar-refractivity contribution in [2.45, 2.75) is 79.1 Å². The van der Waals surface area contributed by atoms with Gasteiger partial charge >= 0.3 is 12.1 Å². The van der Waals surface area contributed by atoms with Crippen molar-refractivity contribution in [2.75, 3.05) is 19.6 Å². The van der Waals surface area contributed by atoms with Gasteiger partial charge < -0.3 is 19.7 Å². The Labute approximate surface area is 140 Å². The molecule has 0 saturated heterocycles. The van der Waals surface area contributed by atoms with Gasteiger partial charge in [0.15, 0.2) is 0 Å². The highest BCUT2D eigenvalue weighted by molar-refractivity contribution is 5.72. The summed E-state index contributed by atoms with van der Waals surface area (Å²) in [5.41, 5.74) is -1.40. The van der Waals surface area contributed by atoms with Gasteiger partial charge in [-0.1, -0.05) is 0 Å². The summed E-state index contributed by atoms with van der Waals surface area (Å²) in [4.78, 5) is 25.6. The number of hydrogen-bond donors (Lipinski definition) is 1. The lowest BCUT2D eigenvalue weighted by molar-refractivity contribution is -0.153. The van der Waals surface area contributed by atoms with E-state index in [1.807, 2.05) is 62.3 Å². The number of carbonyl (C=O) groups excluding carboxylic acids is 2. The Morgan fingerprint density at radius 1 is 0.870 bits per heavy atom. The van der Waals surface area contributed by atoms with Crippen molar-refractivity contribution in [1.82, 2.24) is 10.2 Å². The van der Waals surface area contributed by atoms with E-state index in [1.165, 1.54) is 0 Å². The van der Waals surface area contributed by atoms with Crippen molar-refractivity contribution < 1.29 is 19.1 Å². The van der Waals surface area contributed by atoms with Crippen LogP contribution in [0.15, 0.2) is 0 Å². The molecule has 23 heavy (non-hydrogen) atoms. The smallest absolute Gasteiger partial charge is 0.410 e. The summed E-state index contributed by atoms with van der Waals surface area (Å²) in [6, 6.07) is 0. The maximum Gasteiger partial charge on any atom is 0.410 e. The minimum Gasteiger partial charge on any atom is -0.459 e. The fraction of sp³-hybridized carbons (Fsp3) is 0.882. The summed E-state index contributed by atoms with van der Waals surface area (Å²) >= 11 is 0. The molecule has 0 aromatic heterocycles. The van der Waals surface area contributed by atoms with E-state index < -0.39 is 11.2 Å². The van der Waals surface area contributed by atoms with Gasteiger partial charge in [-0.2, -0.15) is 0 Å². The van der Waals surface area contributed by atoms with Crippen LogP contribution in [0.1, 0.15) is 62.3 Å². The Kier molecular flexibility index (Phi) is 7.54. The molecule has 0 fully saturated rings. The SMILES string of the molecule is CC(C)(C)OC(=O)CNCCN(C(=O)OC(C)(C)C)C(C)(C)C. The minimum atomic E-state index is -0.537. The number of nitrogens with zero attached hydrogens (tertiary/aromatic N) is 1. The molecule has 6 heteroatoms. The maximum absolute atomic E-state index is 12.3. The van der Waals surface area contributed by atoms with Crippen molar-refractivity contribution >= 4 is 12.1 Å². The Bertz CT molecular complexity index is 400. The Hall–Kier alpha value is -1.30. The highest BCUT2D eigenvalue weighted by Gasteiger charge is 2.30. The van der Waals surface area contributed by atoms with Crippen LogP contribution in [0.3, 0.4) is 0 Å². The van der Waals surface area contributed by atoms with Gasteiger partial charge in [0.05, 0.1) is 6.54 Å². The standard InChI is InChI=1S/C17H34N2O4/c1-15(2,3)19(14(21)23-17(7,8)9)11-10-18-12-13(20)22-16(4,5)6/h18H,10-12H2,1-9H3. The maximum atomic E-state index is 12.3. The average molecular weight is 330 g/mol. The number of amides is 1. The molecule has 0 aliphatic rings. The molecule has 0 bridgehead atoms. The molecular weight excluding hydrogens is 296 g/mol. The molecule has 0 unspecified atom stereocenters. The molecule has 0 aromatic rings. The van der Waals surface area contributed by atoms with Crippen LogP contribution in [-0.4, -0.2) is 53.3 Å². The van der Waals surface area contributed by atoms with Crippen LogP contribution >= 0.6 is 0 Å². The summed E-state index contributed by atoms with van der Waals surface area (Å²) in [6.07, 6.45) is -0.357. The van der Waals surface area contributed by atoms with Crippen LogP contribution in [0.4, 0.5) is 4.79 Å². The van der Waals surface area contributed by atoms with Gasteiger partial charge in [0, 0.05) is 18.6 Å². The lowest BCUT2D eigenvalue weighted by Crippen LogP contribution is -2.50. The number of ether oxygens (including phenoxy) is 2. The zero-order chi connectivity index (χ0) is 18.5. The largest absolute Gasteiger partial charge is 0.459 e. The Morgan fingerprint density at radius 3 is 1.74 bits per heavy atom. The van der Waals surface area contributed by atoms with Gasteiger partial charge in [-0.15, -0.1) is 0 Å². The fourth-order valence-corrected chi connectivity index (χ4v) is 1.78. The number of rotatable bonds is 5. The van der Waals surface area contributed by atoms with Crippen molar-refractivity contribution in [1.29, 1.82) is 0 Å². The summed E-state index contributed by atoms with van der Waals surface area (Å²) in [6.45, 7) is 17.9. The first-order chi connectivity index (χ1) is 10.1. The fourth-order valence-electron chi connectivity index (χ4n) is 1.78. The second-order valence-electron chi connectivity index (χ2n) is 8.57. The molecule has 0 aliphatic carbocycles. The summed E-state index contributed by atoms with van der Waals surface area (Å²) in [7, 11) is 0. The van der Waals surface area contributed by atoms with Crippen LogP contribution in [0.2, 0.25) is 0 Å². The number of esters is 1. The second-order valence-corrected chi connectivity index (χ2v) is 8.57. The normalized spacial score (nSPS) is 12.7. The minimum absolute atomic E-state index is 0.115. The highest BCUT2D eigenvalue weighted by Crippen LogP contribution is 2.17. The molecule has 0 saturated carbocycles.